The van der Waals surface area contributed by atoms with Crippen LogP contribution in [0.15, 0.2) is 46.9 Å². The molecule has 0 saturated heterocycles. The fourth-order valence-electron chi connectivity index (χ4n) is 3.99. The van der Waals surface area contributed by atoms with Crippen molar-refractivity contribution in [1.29, 1.82) is 0 Å². The van der Waals surface area contributed by atoms with Gasteiger partial charge in [0.1, 0.15) is 21.2 Å². The van der Waals surface area contributed by atoms with E-state index in [4.69, 9.17) is 21.0 Å². The molecule has 1 amide bonds. The highest BCUT2D eigenvalue weighted by Crippen LogP contribution is 2.47. The summed E-state index contributed by atoms with van der Waals surface area (Å²) in [4.78, 5) is 19.4. The van der Waals surface area contributed by atoms with Crippen molar-refractivity contribution in [2.75, 3.05) is 5.32 Å². The first-order valence-electron chi connectivity index (χ1n) is 9.94. The highest BCUT2D eigenvalue weighted by Gasteiger charge is 2.33. The Morgan fingerprint density at radius 1 is 1.13 bits per heavy atom. The molecule has 1 aliphatic carbocycles. The summed E-state index contributed by atoms with van der Waals surface area (Å²) >= 11 is 7.56. The summed E-state index contributed by atoms with van der Waals surface area (Å²) < 4.78 is 5.76. The number of aryl methyl sites for hydroxylation is 1. The monoisotopic (exact) mass is 435 g/mol. The van der Waals surface area contributed by atoms with Crippen LogP contribution >= 0.6 is 22.9 Å². The van der Waals surface area contributed by atoms with Gasteiger partial charge in [-0.25, -0.2) is 4.98 Å². The second-order valence-electron chi connectivity index (χ2n) is 7.86. The Kier molecular flexibility index (Phi) is 3.95. The number of carbonyl (C=O) groups is 1. The van der Waals surface area contributed by atoms with E-state index in [0.29, 0.717) is 21.6 Å². The zero-order chi connectivity index (χ0) is 20.4. The first kappa shape index (κ1) is 18.0. The Morgan fingerprint density at radius 2 is 1.93 bits per heavy atom. The topological polar surface area (TPSA) is 67.2 Å². The molecule has 6 rings (SSSR count). The number of pyridine rings is 1. The minimum atomic E-state index is -0.419. The molecule has 2 N–H and O–H groups in total. The molecule has 0 radical (unpaired) electrons. The van der Waals surface area contributed by atoms with Crippen molar-refractivity contribution in [2.45, 2.75) is 31.8 Å². The molecule has 1 aliphatic heterocycles. The second kappa shape index (κ2) is 6.59. The number of thiophene rings is 1. The number of rotatable bonds is 3. The van der Waals surface area contributed by atoms with Gasteiger partial charge < -0.3 is 15.1 Å². The maximum absolute atomic E-state index is 12.9. The molecule has 5 nitrogen and oxygen atoms in total. The fraction of sp³-hybridized carbons (Fsp3) is 0.217. The normalized spacial score (nSPS) is 18.2. The number of amides is 1. The fourth-order valence-corrected chi connectivity index (χ4v) is 5.19. The lowest BCUT2D eigenvalue weighted by atomic mass is 9.99. The molecule has 30 heavy (non-hydrogen) atoms. The highest BCUT2D eigenvalue weighted by atomic mass is 35.5. The Bertz CT molecular complexity index is 1300. The van der Waals surface area contributed by atoms with Crippen molar-refractivity contribution >= 4 is 44.7 Å². The number of benzene rings is 1. The van der Waals surface area contributed by atoms with Crippen LogP contribution in [0.4, 0.5) is 5.69 Å². The van der Waals surface area contributed by atoms with E-state index in [-0.39, 0.29) is 5.91 Å². The largest absolute Gasteiger partial charge is 0.462 e. The van der Waals surface area contributed by atoms with Crippen LogP contribution in [0.5, 0.6) is 0 Å². The van der Waals surface area contributed by atoms with Crippen molar-refractivity contribution in [3.8, 4) is 11.1 Å². The number of hydrogen-bond acceptors (Lipinski definition) is 5. The van der Waals surface area contributed by atoms with E-state index >= 15 is 0 Å². The Balaban J connectivity index is 1.56. The molecule has 3 aromatic heterocycles. The summed E-state index contributed by atoms with van der Waals surface area (Å²) in [6.07, 6.45) is 1.92. The van der Waals surface area contributed by atoms with E-state index in [0.717, 1.165) is 38.5 Å². The van der Waals surface area contributed by atoms with Crippen molar-refractivity contribution in [3.63, 3.8) is 0 Å². The maximum atomic E-state index is 12.9. The average molecular weight is 436 g/mol. The summed E-state index contributed by atoms with van der Waals surface area (Å²) in [6, 6.07) is 13.8. The summed E-state index contributed by atoms with van der Waals surface area (Å²) in [7, 11) is 0. The standard InChI is InChI=1S/C23H18ClN3O2S/c1-11-2-9-17(29-11)21-26-19-18-15(12-5-7-14(24)8-6-12)10-16(13-3-4-13)25-23(18)30-20(19)22(28)27-21/h2,5-10,13,21,26H,3-4H2,1H3,(H,27,28)/t21-/m0/s1. The van der Waals surface area contributed by atoms with Crippen LogP contribution in [0.25, 0.3) is 21.3 Å². The van der Waals surface area contributed by atoms with Gasteiger partial charge in [-0.2, -0.15) is 0 Å². The van der Waals surface area contributed by atoms with Crippen LogP contribution in [0.3, 0.4) is 0 Å². The number of hydrogen-bond donors (Lipinski definition) is 2. The molecule has 0 unspecified atom stereocenters. The lowest BCUT2D eigenvalue weighted by Gasteiger charge is -2.24. The van der Waals surface area contributed by atoms with E-state index in [1.54, 1.807) is 0 Å². The number of nitrogens with one attached hydrogen (secondary N) is 2. The van der Waals surface area contributed by atoms with Crippen LogP contribution in [0, 0.1) is 6.92 Å². The van der Waals surface area contributed by atoms with Crippen LogP contribution in [-0.2, 0) is 0 Å². The molecular weight excluding hydrogens is 418 g/mol. The van der Waals surface area contributed by atoms with Gasteiger partial charge in [-0.1, -0.05) is 23.7 Å². The Hall–Kier alpha value is -2.83. The predicted molar refractivity (Wildman–Crippen MR) is 119 cm³/mol. The minimum absolute atomic E-state index is 0.110. The molecule has 7 heteroatoms. The number of furan rings is 1. The van der Waals surface area contributed by atoms with Gasteiger partial charge in [0.2, 0.25) is 0 Å². The number of aromatic nitrogens is 1. The molecule has 0 spiro atoms. The number of fused-ring (bicyclic) bond motifs is 3. The number of carbonyl (C=O) groups excluding carboxylic acids is 1. The number of halogens is 1. The molecule has 1 atom stereocenters. The molecule has 2 aliphatic rings. The van der Waals surface area contributed by atoms with Crippen molar-refractivity contribution in [1.82, 2.24) is 10.3 Å². The van der Waals surface area contributed by atoms with E-state index in [1.807, 2.05) is 43.3 Å². The SMILES string of the molecule is Cc1ccc([C@@H]2NC(=O)c3sc4nc(C5CC5)cc(-c5ccc(Cl)cc5)c4c3N2)o1. The summed E-state index contributed by atoms with van der Waals surface area (Å²) in [5, 5.41) is 8.16. The highest BCUT2D eigenvalue weighted by molar-refractivity contribution is 7.21. The minimum Gasteiger partial charge on any atom is -0.462 e. The van der Waals surface area contributed by atoms with Crippen LogP contribution < -0.4 is 10.6 Å². The molecule has 4 heterocycles. The van der Waals surface area contributed by atoms with Gasteiger partial charge in [0.15, 0.2) is 6.17 Å². The molecule has 0 bridgehead atoms. The summed E-state index contributed by atoms with van der Waals surface area (Å²) in [5.74, 6) is 1.89. The Morgan fingerprint density at radius 3 is 2.63 bits per heavy atom. The van der Waals surface area contributed by atoms with E-state index in [1.165, 1.54) is 24.2 Å². The molecule has 150 valence electrons. The van der Waals surface area contributed by atoms with Crippen LogP contribution in [0.2, 0.25) is 5.02 Å². The summed E-state index contributed by atoms with van der Waals surface area (Å²) in [5.41, 5.74) is 4.06. The van der Waals surface area contributed by atoms with Crippen molar-refractivity contribution in [2.24, 2.45) is 0 Å². The van der Waals surface area contributed by atoms with E-state index in [9.17, 15) is 4.79 Å². The third kappa shape index (κ3) is 2.90. The predicted octanol–water partition coefficient (Wildman–Crippen LogP) is 6.25. The van der Waals surface area contributed by atoms with Gasteiger partial charge in [0.05, 0.1) is 5.69 Å². The molecule has 1 saturated carbocycles. The van der Waals surface area contributed by atoms with E-state index < -0.39 is 6.17 Å². The molecule has 1 fully saturated rings. The van der Waals surface area contributed by atoms with Gasteiger partial charge in [0.25, 0.3) is 5.91 Å². The van der Waals surface area contributed by atoms with Gasteiger partial charge >= 0.3 is 0 Å². The summed E-state index contributed by atoms with van der Waals surface area (Å²) in [6.45, 7) is 1.89. The van der Waals surface area contributed by atoms with Crippen molar-refractivity contribution in [3.05, 3.63) is 69.6 Å². The van der Waals surface area contributed by atoms with Gasteiger partial charge in [-0.3, -0.25) is 4.79 Å². The molecule has 1 aromatic carbocycles. The quantitative estimate of drug-likeness (QED) is 0.399. The lowest BCUT2D eigenvalue weighted by Crippen LogP contribution is -2.37. The maximum Gasteiger partial charge on any atom is 0.265 e. The molecule has 4 aromatic rings. The van der Waals surface area contributed by atoms with Gasteiger partial charge in [0, 0.05) is 22.0 Å². The zero-order valence-corrected chi connectivity index (χ0v) is 17.7. The second-order valence-corrected chi connectivity index (χ2v) is 9.30. The lowest BCUT2D eigenvalue weighted by molar-refractivity contribution is 0.0935. The first-order chi connectivity index (χ1) is 14.6. The average Bonchev–Trinajstić information content (AvgIpc) is 3.39. The molecular formula is C23H18ClN3O2S. The number of nitrogens with zero attached hydrogens (tertiary/aromatic N) is 1. The zero-order valence-electron chi connectivity index (χ0n) is 16.2. The van der Waals surface area contributed by atoms with Gasteiger partial charge in [-0.15, -0.1) is 11.3 Å². The third-order valence-corrected chi connectivity index (χ3v) is 6.98. The Labute approximate surface area is 182 Å². The smallest absolute Gasteiger partial charge is 0.265 e. The van der Waals surface area contributed by atoms with Crippen LogP contribution in [0.1, 0.15) is 51.8 Å². The van der Waals surface area contributed by atoms with Crippen LogP contribution in [-0.4, -0.2) is 10.9 Å². The first-order valence-corrected chi connectivity index (χ1v) is 11.1. The number of anilines is 1. The van der Waals surface area contributed by atoms with E-state index in [2.05, 4.69) is 16.7 Å². The third-order valence-electron chi connectivity index (χ3n) is 5.65. The van der Waals surface area contributed by atoms with Crippen molar-refractivity contribution < 1.29 is 9.21 Å². The van der Waals surface area contributed by atoms with Gasteiger partial charge in [-0.05, 0) is 61.2 Å².